The fraction of sp³-hybridized carbons (Fsp3) is 0.250. The second-order valence-corrected chi connectivity index (χ2v) is 9.76. The van der Waals surface area contributed by atoms with Crippen LogP contribution in [0.1, 0.15) is 28.7 Å². The van der Waals surface area contributed by atoms with Crippen LogP contribution in [0.5, 0.6) is 0 Å². The number of carbonyl (C=O) groups excluding carboxylic acids is 1. The first-order valence-corrected chi connectivity index (χ1v) is 11.5. The molecule has 3 heterocycles. The second kappa shape index (κ2) is 8.44. The zero-order chi connectivity index (χ0) is 24.7. The molecule has 1 aromatic carbocycles. The number of benzene rings is 1. The molecule has 34 heavy (non-hydrogen) atoms. The highest BCUT2D eigenvalue weighted by atomic mass is 32.2. The van der Waals surface area contributed by atoms with E-state index in [2.05, 4.69) is 25.4 Å². The smallest absolute Gasteiger partial charge is 0.275 e. The summed E-state index contributed by atoms with van der Waals surface area (Å²) in [5.74, 6) is -1.82. The number of aliphatic imine (C=N–C) groups is 1. The Bertz CT molecular complexity index is 1390. The van der Waals surface area contributed by atoms with Gasteiger partial charge in [-0.05, 0) is 31.2 Å². The Labute approximate surface area is 193 Å². The zero-order valence-corrected chi connectivity index (χ0v) is 18.9. The molecule has 1 aliphatic heterocycles. The van der Waals surface area contributed by atoms with Crippen molar-refractivity contribution < 1.29 is 22.0 Å². The molecule has 0 aliphatic carbocycles. The Morgan fingerprint density at radius 1 is 1.26 bits per heavy atom. The average Bonchev–Trinajstić information content (AvgIpc) is 3.28. The van der Waals surface area contributed by atoms with Crippen molar-refractivity contribution in [2.24, 2.45) is 10.7 Å². The summed E-state index contributed by atoms with van der Waals surface area (Å²) in [7, 11) is -2.55. The number of aromatic nitrogens is 4. The number of nitrogens with one attached hydrogen (secondary N) is 1. The summed E-state index contributed by atoms with van der Waals surface area (Å²) < 4.78 is 54.3. The molecule has 2 aromatic heterocycles. The number of carbonyl (C=O) groups is 1. The van der Waals surface area contributed by atoms with Crippen LogP contribution in [0.4, 0.5) is 14.5 Å². The van der Waals surface area contributed by atoms with Gasteiger partial charge >= 0.3 is 0 Å². The maximum atomic E-state index is 14.7. The van der Waals surface area contributed by atoms with E-state index in [-0.39, 0.29) is 34.4 Å². The van der Waals surface area contributed by atoms with Crippen molar-refractivity contribution in [2.45, 2.75) is 19.1 Å². The van der Waals surface area contributed by atoms with Gasteiger partial charge in [0.05, 0.1) is 23.8 Å². The first kappa shape index (κ1) is 23.2. The van der Waals surface area contributed by atoms with Crippen molar-refractivity contribution in [2.75, 3.05) is 18.1 Å². The standard InChI is InChI=1S/C20H20F2N8O3S/c1-20(11-34(32,33)29(2)19(23)27-20)14-7-12(3-4-15(14)22)26-18(31)16-9-25-17(10-24-16)30-6-5-13(8-21)28-30/h3-7,9-10H,8,11H2,1-2H3,(H2,23,27)(H,26,31)/t20-/m0/s1. The monoisotopic (exact) mass is 490 g/mol. The van der Waals surface area contributed by atoms with Crippen LogP contribution >= 0.6 is 0 Å². The van der Waals surface area contributed by atoms with Gasteiger partial charge in [0.25, 0.3) is 5.91 Å². The van der Waals surface area contributed by atoms with Crippen LogP contribution < -0.4 is 11.1 Å². The van der Waals surface area contributed by atoms with Gasteiger partial charge in [-0.1, -0.05) is 0 Å². The van der Waals surface area contributed by atoms with Crippen LogP contribution in [0.25, 0.3) is 5.82 Å². The van der Waals surface area contributed by atoms with E-state index in [0.717, 1.165) is 10.4 Å². The van der Waals surface area contributed by atoms with Crippen molar-refractivity contribution >= 4 is 27.6 Å². The molecule has 0 radical (unpaired) electrons. The molecule has 0 saturated carbocycles. The van der Waals surface area contributed by atoms with Crippen LogP contribution in [-0.2, 0) is 22.2 Å². The molecule has 11 nitrogen and oxygen atoms in total. The van der Waals surface area contributed by atoms with Crippen LogP contribution in [0.2, 0.25) is 0 Å². The van der Waals surface area contributed by atoms with E-state index >= 15 is 0 Å². The number of nitrogens with zero attached hydrogens (tertiary/aromatic N) is 6. The maximum Gasteiger partial charge on any atom is 0.275 e. The molecule has 3 aromatic rings. The van der Waals surface area contributed by atoms with Crippen LogP contribution in [-0.4, -0.2) is 57.1 Å². The third-order valence-corrected chi connectivity index (χ3v) is 7.20. The van der Waals surface area contributed by atoms with Crippen molar-refractivity contribution in [3.8, 4) is 5.82 Å². The van der Waals surface area contributed by atoms with Gasteiger partial charge in [0.15, 0.2) is 5.82 Å². The highest BCUT2D eigenvalue weighted by Crippen LogP contribution is 2.34. The molecule has 1 amide bonds. The summed E-state index contributed by atoms with van der Waals surface area (Å²) in [5.41, 5.74) is 4.58. The third-order valence-electron chi connectivity index (χ3n) is 5.26. The van der Waals surface area contributed by atoms with Crippen LogP contribution in [0.15, 0.2) is 47.8 Å². The zero-order valence-electron chi connectivity index (χ0n) is 18.1. The van der Waals surface area contributed by atoms with Gasteiger partial charge in [-0.3, -0.25) is 4.79 Å². The molecular weight excluding hydrogens is 470 g/mol. The Balaban J connectivity index is 1.57. The lowest BCUT2D eigenvalue weighted by atomic mass is 9.93. The normalized spacial score (nSPS) is 19.5. The van der Waals surface area contributed by atoms with E-state index in [4.69, 9.17) is 5.73 Å². The summed E-state index contributed by atoms with van der Waals surface area (Å²) in [4.78, 5) is 25.0. The highest BCUT2D eigenvalue weighted by molar-refractivity contribution is 7.89. The van der Waals surface area contributed by atoms with E-state index < -0.39 is 39.7 Å². The quantitative estimate of drug-likeness (QED) is 0.548. The summed E-state index contributed by atoms with van der Waals surface area (Å²) in [5, 5.41) is 6.54. The van der Waals surface area contributed by atoms with Crippen LogP contribution in [0.3, 0.4) is 0 Å². The number of rotatable bonds is 5. The molecule has 1 atom stereocenters. The predicted octanol–water partition coefficient (Wildman–Crippen LogP) is 1.33. The van der Waals surface area contributed by atoms with E-state index in [0.29, 0.717) is 0 Å². The van der Waals surface area contributed by atoms with Crippen LogP contribution in [0, 0.1) is 5.82 Å². The molecule has 0 saturated heterocycles. The number of amides is 1. The minimum absolute atomic E-state index is 0.0390. The summed E-state index contributed by atoms with van der Waals surface area (Å²) in [6.07, 6.45) is 4.02. The van der Waals surface area contributed by atoms with Gasteiger partial charge in [0.1, 0.15) is 23.7 Å². The summed E-state index contributed by atoms with van der Waals surface area (Å²) in [6, 6.07) is 5.21. The molecule has 0 unspecified atom stereocenters. The van der Waals surface area contributed by atoms with E-state index in [1.807, 2.05) is 0 Å². The van der Waals surface area contributed by atoms with E-state index in [1.54, 1.807) is 0 Å². The van der Waals surface area contributed by atoms with Gasteiger partial charge < -0.3 is 11.1 Å². The molecule has 0 fully saturated rings. The van der Waals surface area contributed by atoms with Gasteiger partial charge in [-0.25, -0.2) is 41.1 Å². The number of guanidine groups is 1. The molecule has 14 heteroatoms. The number of alkyl halides is 1. The Kier molecular flexibility index (Phi) is 5.77. The van der Waals surface area contributed by atoms with Gasteiger partial charge in [-0.15, -0.1) is 0 Å². The lowest BCUT2D eigenvalue weighted by Crippen LogP contribution is -2.50. The molecule has 0 bridgehead atoms. The third kappa shape index (κ3) is 4.31. The molecule has 1 aliphatic rings. The van der Waals surface area contributed by atoms with Crippen molar-refractivity contribution in [3.63, 3.8) is 0 Å². The minimum Gasteiger partial charge on any atom is -0.369 e. The van der Waals surface area contributed by atoms with Crippen molar-refractivity contribution in [3.05, 3.63) is 65.6 Å². The molecule has 178 valence electrons. The van der Waals surface area contributed by atoms with Crippen molar-refractivity contribution in [1.82, 2.24) is 24.1 Å². The molecule has 4 rings (SSSR count). The summed E-state index contributed by atoms with van der Waals surface area (Å²) >= 11 is 0. The molecule has 0 spiro atoms. The SMILES string of the molecule is CN1C(N)=N[C@](C)(c2cc(NC(=O)c3cnc(-n4ccc(CF)n4)cn3)ccc2F)CS1(=O)=O. The first-order valence-electron chi connectivity index (χ1n) is 9.89. The predicted molar refractivity (Wildman–Crippen MR) is 119 cm³/mol. The fourth-order valence-corrected chi connectivity index (χ4v) is 4.87. The van der Waals surface area contributed by atoms with Crippen molar-refractivity contribution in [1.29, 1.82) is 0 Å². The fourth-order valence-electron chi connectivity index (χ4n) is 3.42. The Morgan fingerprint density at radius 2 is 2.03 bits per heavy atom. The number of hydrogen-bond donors (Lipinski definition) is 2. The topological polar surface area (TPSA) is 148 Å². The largest absolute Gasteiger partial charge is 0.369 e. The maximum absolute atomic E-state index is 14.7. The number of anilines is 1. The number of halogens is 2. The van der Waals surface area contributed by atoms with E-state index in [9.17, 15) is 22.0 Å². The lowest BCUT2D eigenvalue weighted by Gasteiger charge is -2.34. The van der Waals surface area contributed by atoms with E-state index in [1.165, 1.54) is 55.4 Å². The number of nitrogens with two attached hydrogens (primary N) is 1. The van der Waals surface area contributed by atoms with Gasteiger partial charge in [0, 0.05) is 24.5 Å². The molecular formula is C20H20F2N8O3S. The minimum atomic E-state index is -3.81. The number of sulfonamides is 1. The highest BCUT2D eigenvalue weighted by Gasteiger charge is 2.41. The second-order valence-electron chi connectivity index (χ2n) is 7.76. The van der Waals surface area contributed by atoms with Gasteiger partial charge in [-0.2, -0.15) is 5.10 Å². The first-order chi connectivity index (χ1) is 16.0. The Morgan fingerprint density at radius 3 is 2.65 bits per heavy atom. The summed E-state index contributed by atoms with van der Waals surface area (Å²) in [6.45, 7) is 0.725. The lowest BCUT2D eigenvalue weighted by molar-refractivity contribution is 0.102. The Hall–Kier alpha value is -3.94. The molecule has 3 N–H and O–H groups in total. The number of hydrogen-bond acceptors (Lipinski definition) is 8. The average molecular weight is 490 g/mol. The van der Waals surface area contributed by atoms with Gasteiger partial charge in [0.2, 0.25) is 16.0 Å².